The topological polar surface area (TPSA) is 39.1 Å². The van der Waals surface area contributed by atoms with Crippen LogP contribution in [0.15, 0.2) is 30.3 Å². The van der Waals surface area contributed by atoms with Crippen molar-refractivity contribution in [3.05, 3.63) is 35.9 Å². The Morgan fingerprint density at radius 3 is 2.33 bits per heavy atom. The lowest BCUT2D eigenvalue weighted by atomic mass is 9.91. The minimum Gasteiger partial charge on any atom is -0.306 e. The monoisotopic (exact) mass is 203 g/mol. The van der Waals surface area contributed by atoms with Gasteiger partial charge in [0.2, 0.25) is 0 Å². The average Bonchev–Trinajstić information content (AvgIpc) is 2.27. The number of hydrogen-bond acceptors (Lipinski definition) is 3. The van der Waals surface area contributed by atoms with Crippen molar-refractivity contribution in [3.63, 3.8) is 0 Å². The van der Waals surface area contributed by atoms with Crippen LogP contribution in [0.4, 0.5) is 0 Å². The summed E-state index contributed by atoms with van der Waals surface area (Å²) >= 11 is 0. The molecule has 0 aliphatic rings. The Hall–Kier alpha value is -1.37. The third-order valence-corrected chi connectivity index (χ3v) is 2.44. The zero-order valence-electron chi connectivity index (χ0n) is 9.49. The zero-order chi connectivity index (χ0) is 11.3. The van der Waals surface area contributed by atoms with Gasteiger partial charge in [0, 0.05) is 6.54 Å². The van der Waals surface area contributed by atoms with Crippen molar-refractivity contribution >= 4 is 0 Å². The van der Waals surface area contributed by atoms with Crippen molar-refractivity contribution in [2.45, 2.75) is 5.54 Å². The van der Waals surface area contributed by atoms with Crippen LogP contribution in [0.3, 0.4) is 0 Å². The third-order valence-electron chi connectivity index (χ3n) is 2.44. The highest BCUT2D eigenvalue weighted by Gasteiger charge is 2.30. The van der Waals surface area contributed by atoms with Crippen molar-refractivity contribution < 1.29 is 0 Å². The normalized spacial score (nSPS) is 14.6. The molecule has 15 heavy (non-hydrogen) atoms. The number of nitrogens with zero attached hydrogens (tertiary/aromatic N) is 2. The number of nitrogens with one attached hydrogen (secondary N) is 1. The molecular weight excluding hydrogens is 186 g/mol. The summed E-state index contributed by atoms with van der Waals surface area (Å²) in [6.07, 6.45) is 0. The fourth-order valence-corrected chi connectivity index (χ4v) is 1.67. The standard InChI is InChI=1S/C12H17N3/c1-14-12(9-13,10-15(2)3)11-7-5-4-6-8-11/h4-8,14H,10H2,1-3H3. The van der Waals surface area contributed by atoms with Crippen molar-refractivity contribution in [3.8, 4) is 6.07 Å². The number of benzene rings is 1. The number of likely N-dealkylation sites (N-methyl/N-ethyl adjacent to an activating group) is 2. The molecule has 0 aromatic heterocycles. The summed E-state index contributed by atoms with van der Waals surface area (Å²) in [4.78, 5) is 2.01. The molecular formula is C12H17N3. The Balaban J connectivity index is 3.07. The lowest BCUT2D eigenvalue weighted by Gasteiger charge is -2.29. The van der Waals surface area contributed by atoms with Crippen LogP contribution in [0.25, 0.3) is 0 Å². The predicted octanol–water partition coefficient (Wildman–Crippen LogP) is 1.19. The third kappa shape index (κ3) is 2.56. The minimum absolute atomic E-state index is 0.620. The summed E-state index contributed by atoms with van der Waals surface area (Å²) < 4.78 is 0. The van der Waals surface area contributed by atoms with Crippen LogP contribution in [0.5, 0.6) is 0 Å². The maximum Gasteiger partial charge on any atom is 0.144 e. The molecule has 0 radical (unpaired) electrons. The van der Waals surface area contributed by atoms with E-state index in [1.807, 2.05) is 56.4 Å². The molecule has 0 spiro atoms. The maximum absolute atomic E-state index is 9.34. The molecule has 0 aliphatic carbocycles. The fraction of sp³-hybridized carbons (Fsp3) is 0.417. The summed E-state index contributed by atoms with van der Waals surface area (Å²) in [5.41, 5.74) is 0.383. The van der Waals surface area contributed by atoms with Gasteiger partial charge in [-0.25, -0.2) is 0 Å². The molecule has 3 heteroatoms. The van der Waals surface area contributed by atoms with Gasteiger partial charge in [-0.1, -0.05) is 30.3 Å². The van der Waals surface area contributed by atoms with Crippen LogP contribution >= 0.6 is 0 Å². The van der Waals surface area contributed by atoms with E-state index >= 15 is 0 Å². The average molecular weight is 203 g/mol. The predicted molar refractivity (Wildman–Crippen MR) is 61.3 cm³/mol. The molecule has 1 aromatic rings. The second-order valence-corrected chi connectivity index (χ2v) is 3.87. The largest absolute Gasteiger partial charge is 0.306 e. The SMILES string of the molecule is CNC(C#N)(CN(C)C)c1ccccc1. The van der Waals surface area contributed by atoms with Gasteiger partial charge in [-0.05, 0) is 26.7 Å². The van der Waals surface area contributed by atoms with Crippen LogP contribution in [-0.4, -0.2) is 32.6 Å². The highest BCUT2D eigenvalue weighted by Crippen LogP contribution is 2.20. The fourth-order valence-electron chi connectivity index (χ4n) is 1.67. The van der Waals surface area contributed by atoms with E-state index in [1.165, 1.54) is 0 Å². The van der Waals surface area contributed by atoms with Crippen LogP contribution < -0.4 is 5.32 Å². The Bertz CT molecular complexity index is 340. The lowest BCUT2D eigenvalue weighted by Crippen LogP contribution is -2.46. The van der Waals surface area contributed by atoms with Crippen LogP contribution in [-0.2, 0) is 5.54 Å². The molecule has 0 aliphatic heterocycles. The van der Waals surface area contributed by atoms with Gasteiger partial charge in [0.1, 0.15) is 5.54 Å². The molecule has 0 saturated heterocycles. The van der Waals surface area contributed by atoms with Gasteiger partial charge in [-0.3, -0.25) is 5.32 Å². The van der Waals surface area contributed by atoms with E-state index in [9.17, 15) is 5.26 Å². The van der Waals surface area contributed by atoms with Gasteiger partial charge in [0.25, 0.3) is 0 Å². The first-order chi connectivity index (χ1) is 7.14. The molecule has 0 bridgehead atoms. The first kappa shape index (κ1) is 11.7. The summed E-state index contributed by atoms with van der Waals surface area (Å²) in [5.74, 6) is 0. The Kier molecular flexibility index (Phi) is 3.84. The lowest BCUT2D eigenvalue weighted by molar-refractivity contribution is 0.300. The molecule has 0 saturated carbocycles. The Morgan fingerprint density at radius 1 is 1.33 bits per heavy atom. The Labute approximate surface area is 91.3 Å². The number of hydrogen-bond donors (Lipinski definition) is 1. The van der Waals surface area contributed by atoms with Gasteiger partial charge in [-0.15, -0.1) is 0 Å². The van der Waals surface area contributed by atoms with Crippen LogP contribution in [0, 0.1) is 11.3 Å². The van der Waals surface area contributed by atoms with Gasteiger partial charge in [0.05, 0.1) is 6.07 Å². The first-order valence-corrected chi connectivity index (χ1v) is 4.95. The number of nitriles is 1. The second-order valence-electron chi connectivity index (χ2n) is 3.87. The van der Waals surface area contributed by atoms with E-state index in [0.29, 0.717) is 6.54 Å². The van der Waals surface area contributed by atoms with E-state index in [-0.39, 0.29) is 0 Å². The molecule has 1 aromatic carbocycles. The molecule has 0 fully saturated rings. The van der Waals surface area contributed by atoms with E-state index in [2.05, 4.69) is 11.4 Å². The molecule has 1 unspecified atom stereocenters. The van der Waals surface area contributed by atoms with Crippen molar-refractivity contribution in [2.24, 2.45) is 0 Å². The quantitative estimate of drug-likeness (QED) is 0.799. The second kappa shape index (κ2) is 4.92. The molecule has 0 amide bonds. The van der Waals surface area contributed by atoms with E-state index in [1.54, 1.807) is 0 Å². The van der Waals surface area contributed by atoms with E-state index < -0.39 is 5.54 Å². The highest BCUT2D eigenvalue weighted by molar-refractivity contribution is 5.31. The van der Waals surface area contributed by atoms with Crippen molar-refractivity contribution in [2.75, 3.05) is 27.7 Å². The van der Waals surface area contributed by atoms with Crippen LogP contribution in [0.2, 0.25) is 0 Å². The van der Waals surface area contributed by atoms with Crippen LogP contribution in [0.1, 0.15) is 5.56 Å². The van der Waals surface area contributed by atoms with Crippen molar-refractivity contribution in [1.82, 2.24) is 10.2 Å². The summed E-state index contributed by atoms with van der Waals surface area (Å²) in [5, 5.41) is 12.4. The Morgan fingerprint density at radius 2 is 1.93 bits per heavy atom. The van der Waals surface area contributed by atoms with E-state index in [0.717, 1.165) is 5.56 Å². The molecule has 3 nitrogen and oxygen atoms in total. The van der Waals surface area contributed by atoms with Gasteiger partial charge >= 0.3 is 0 Å². The summed E-state index contributed by atoms with van der Waals surface area (Å²) in [6.45, 7) is 0.657. The van der Waals surface area contributed by atoms with Gasteiger partial charge in [-0.2, -0.15) is 5.26 Å². The van der Waals surface area contributed by atoms with Gasteiger partial charge in [0.15, 0.2) is 0 Å². The van der Waals surface area contributed by atoms with E-state index in [4.69, 9.17) is 0 Å². The molecule has 0 heterocycles. The highest BCUT2D eigenvalue weighted by atomic mass is 15.1. The molecule has 80 valence electrons. The molecule has 1 rings (SSSR count). The summed E-state index contributed by atoms with van der Waals surface area (Å²) in [6, 6.07) is 12.2. The molecule has 1 atom stereocenters. The first-order valence-electron chi connectivity index (χ1n) is 4.95. The minimum atomic E-state index is -0.620. The van der Waals surface area contributed by atoms with Crippen molar-refractivity contribution in [1.29, 1.82) is 5.26 Å². The number of rotatable bonds is 4. The maximum atomic E-state index is 9.34. The van der Waals surface area contributed by atoms with Gasteiger partial charge < -0.3 is 4.90 Å². The molecule has 1 N–H and O–H groups in total. The zero-order valence-corrected chi connectivity index (χ0v) is 9.49. The smallest absolute Gasteiger partial charge is 0.144 e. The summed E-state index contributed by atoms with van der Waals surface area (Å²) in [7, 11) is 5.75.